The van der Waals surface area contributed by atoms with Crippen LogP contribution in [0.5, 0.6) is 0 Å². The van der Waals surface area contributed by atoms with Crippen LogP contribution in [-0.2, 0) is 6.54 Å². The van der Waals surface area contributed by atoms with Crippen LogP contribution in [0.25, 0.3) is 0 Å². The zero-order chi connectivity index (χ0) is 14.5. The van der Waals surface area contributed by atoms with Crippen molar-refractivity contribution in [3.63, 3.8) is 0 Å². The first-order valence-electron chi connectivity index (χ1n) is 5.89. The minimum atomic E-state index is -0.391. The Morgan fingerprint density at radius 2 is 2.35 bits per heavy atom. The van der Waals surface area contributed by atoms with Crippen LogP contribution in [0.1, 0.15) is 20.9 Å². The normalized spacial score (nSPS) is 9.90. The van der Waals surface area contributed by atoms with E-state index >= 15 is 0 Å². The van der Waals surface area contributed by atoms with Crippen molar-refractivity contribution in [1.29, 1.82) is 0 Å². The Bertz CT molecular complexity index is 716. The summed E-state index contributed by atoms with van der Waals surface area (Å²) in [6.07, 6.45) is 1.37. The van der Waals surface area contributed by atoms with Crippen LogP contribution in [-0.4, -0.2) is 34.4 Å². The number of nitrogens with one attached hydrogen (secondary N) is 2. The molecule has 2 aromatic heterocycles. The lowest BCUT2D eigenvalue weighted by atomic mass is 10.3. The van der Waals surface area contributed by atoms with Gasteiger partial charge in [0, 0.05) is 29.1 Å². The maximum absolute atomic E-state index is 12.0. The van der Waals surface area contributed by atoms with Gasteiger partial charge in [-0.15, -0.1) is 11.3 Å². The summed E-state index contributed by atoms with van der Waals surface area (Å²) < 4.78 is 0. The Kier molecular flexibility index (Phi) is 4.40. The van der Waals surface area contributed by atoms with E-state index in [1.165, 1.54) is 22.4 Å². The number of carbonyl (C=O) groups excluding carboxylic acids is 1. The van der Waals surface area contributed by atoms with Crippen LogP contribution >= 0.6 is 11.3 Å². The van der Waals surface area contributed by atoms with Gasteiger partial charge in [-0.05, 0) is 6.07 Å². The van der Waals surface area contributed by atoms with E-state index in [2.05, 4.69) is 21.8 Å². The van der Waals surface area contributed by atoms with E-state index in [9.17, 15) is 9.59 Å². The minimum Gasteiger partial charge on any atom is -0.335 e. The summed E-state index contributed by atoms with van der Waals surface area (Å²) in [5, 5.41) is 1.93. The molecule has 0 saturated carbocycles. The van der Waals surface area contributed by atoms with E-state index in [4.69, 9.17) is 5.73 Å². The predicted molar refractivity (Wildman–Crippen MR) is 77.5 cm³/mol. The number of nitrogens with two attached hydrogens (primary N) is 1. The van der Waals surface area contributed by atoms with Crippen molar-refractivity contribution in [1.82, 2.24) is 14.9 Å². The van der Waals surface area contributed by atoms with Gasteiger partial charge in [0.15, 0.2) is 0 Å². The number of imidazole rings is 1. The van der Waals surface area contributed by atoms with Gasteiger partial charge in [-0.3, -0.25) is 4.79 Å². The van der Waals surface area contributed by atoms with E-state index < -0.39 is 5.69 Å². The summed E-state index contributed by atoms with van der Waals surface area (Å²) in [4.78, 5) is 30.4. The number of rotatable bonds is 3. The van der Waals surface area contributed by atoms with Crippen LogP contribution in [0.15, 0.2) is 22.4 Å². The highest BCUT2D eigenvalue weighted by Crippen LogP contribution is 2.16. The number of thiophene rings is 1. The van der Waals surface area contributed by atoms with Gasteiger partial charge in [0.1, 0.15) is 5.69 Å². The molecule has 0 aromatic carbocycles. The second kappa shape index (κ2) is 6.23. The highest BCUT2D eigenvalue weighted by molar-refractivity contribution is 7.10. The fourth-order valence-electron chi connectivity index (χ4n) is 1.64. The maximum Gasteiger partial charge on any atom is 0.323 e. The average molecular weight is 290 g/mol. The topological polar surface area (TPSA) is 95.0 Å². The monoisotopic (exact) mass is 290 g/mol. The largest absolute Gasteiger partial charge is 0.335 e. The van der Waals surface area contributed by atoms with Crippen molar-refractivity contribution < 1.29 is 4.79 Å². The van der Waals surface area contributed by atoms with Crippen LogP contribution in [0, 0.1) is 11.8 Å². The Morgan fingerprint density at radius 3 is 3.00 bits per heavy atom. The number of hydrogen-bond acceptors (Lipinski definition) is 4. The molecule has 0 bridgehead atoms. The van der Waals surface area contributed by atoms with Gasteiger partial charge >= 0.3 is 5.69 Å². The standard InChI is InChI=1S/C13H14N4O2S/c1-17(12(18)11-6-15-13(19)16-11)7-10-5-9(8-20-10)3-2-4-14/h5-6,8H,4,7,14H2,1H3,(H2,15,16,19). The Balaban J connectivity index is 2.04. The number of aromatic nitrogens is 2. The first-order chi connectivity index (χ1) is 9.60. The third-order valence-corrected chi connectivity index (χ3v) is 3.48. The first kappa shape index (κ1) is 14.1. The second-order valence-electron chi connectivity index (χ2n) is 4.13. The van der Waals surface area contributed by atoms with Gasteiger partial charge in [-0.1, -0.05) is 11.8 Å². The summed E-state index contributed by atoms with van der Waals surface area (Å²) >= 11 is 1.53. The van der Waals surface area contributed by atoms with E-state index in [1.54, 1.807) is 7.05 Å². The molecule has 2 heterocycles. The summed E-state index contributed by atoms with van der Waals surface area (Å²) in [5.41, 5.74) is 6.07. The maximum atomic E-state index is 12.0. The van der Waals surface area contributed by atoms with Gasteiger partial charge in [-0.25, -0.2) is 4.79 Å². The Morgan fingerprint density at radius 1 is 1.55 bits per heavy atom. The lowest BCUT2D eigenvalue weighted by molar-refractivity contribution is 0.0781. The molecule has 0 aliphatic rings. The molecule has 0 fully saturated rings. The van der Waals surface area contributed by atoms with Crippen LogP contribution in [0.3, 0.4) is 0 Å². The molecular weight excluding hydrogens is 276 g/mol. The summed E-state index contributed by atoms with van der Waals surface area (Å²) in [6, 6.07) is 1.93. The lowest BCUT2D eigenvalue weighted by Gasteiger charge is -2.14. The van der Waals surface area contributed by atoms with E-state index in [0.717, 1.165) is 10.4 Å². The van der Waals surface area contributed by atoms with Crippen molar-refractivity contribution in [2.24, 2.45) is 5.73 Å². The second-order valence-corrected chi connectivity index (χ2v) is 5.12. The molecule has 6 nitrogen and oxygen atoms in total. The number of H-pyrrole nitrogens is 2. The van der Waals surface area contributed by atoms with Crippen molar-refractivity contribution in [2.75, 3.05) is 13.6 Å². The predicted octanol–water partition coefficient (Wildman–Crippen LogP) is 0.347. The molecule has 0 saturated heterocycles. The van der Waals surface area contributed by atoms with Gasteiger partial charge < -0.3 is 20.6 Å². The number of nitrogens with zero attached hydrogens (tertiary/aromatic N) is 1. The molecule has 7 heteroatoms. The molecular formula is C13H14N4O2S. The third-order valence-electron chi connectivity index (χ3n) is 2.55. The molecule has 4 N–H and O–H groups in total. The van der Waals surface area contributed by atoms with Crippen molar-refractivity contribution >= 4 is 17.2 Å². The zero-order valence-corrected chi connectivity index (χ0v) is 11.7. The van der Waals surface area contributed by atoms with Crippen LogP contribution in [0.4, 0.5) is 0 Å². The van der Waals surface area contributed by atoms with Gasteiger partial charge in [0.2, 0.25) is 0 Å². The number of hydrogen-bond donors (Lipinski definition) is 3. The van der Waals surface area contributed by atoms with E-state index in [1.807, 2.05) is 11.4 Å². The van der Waals surface area contributed by atoms with E-state index in [-0.39, 0.29) is 11.6 Å². The molecule has 0 aliphatic heterocycles. The fourth-order valence-corrected chi connectivity index (χ4v) is 2.51. The summed E-state index contributed by atoms with van der Waals surface area (Å²) in [7, 11) is 1.68. The minimum absolute atomic E-state index is 0.244. The SMILES string of the molecule is CN(Cc1cc(C#CCN)cs1)C(=O)c1c[nH]c(=O)[nH]1. The summed E-state index contributed by atoms with van der Waals surface area (Å²) in [5.74, 6) is 5.48. The first-order valence-corrected chi connectivity index (χ1v) is 6.77. The van der Waals surface area contributed by atoms with Crippen molar-refractivity contribution in [2.45, 2.75) is 6.54 Å². The Labute approximate surface area is 119 Å². The summed E-state index contributed by atoms with van der Waals surface area (Å²) in [6.45, 7) is 0.783. The molecule has 0 aliphatic carbocycles. The quantitative estimate of drug-likeness (QED) is 0.712. The van der Waals surface area contributed by atoms with Crippen LogP contribution < -0.4 is 11.4 Å². The van der Waals surface area contributed by atoms with Gasteiger partial charge in [0.05, 0.1) is 13.1 Å². The molecule has 0 spiro atoms. The molecule has 104 valence electrons. The number of aromatic amines is 2. The van der Waals surface area contributed by atoms with Gasteiger partial charge in [-0.2, -0.15) is 0 Å². The van der Waals surface area contributed by atoms with Crippen molar-refractivity contribution in [3.8, 4) is 11.8 Å². The smallest absolute Gasteiger partial charge is 0.323 e. The zero-order valence-electron chi connectivity index (χ0n) is 10.9. The molecule has 0 radical (unpaired) electrons. The molecule has 2 aromatic rings. The molecule has 2 rings (SSSR count). The van der Waals surface area contributed by atoms with Crippen LogP contribution in [0.2, 0.25) is 0 Å². The average Bonchev–Trinajstić information content (AvgIpc) is 3.04. The van der Waals surface area contributed by atoms with Crippen molar-refractivity contribution in [3.05, 3.63) is 44.3 Å². The fraction of sp³-hybridized carbons (Fsp3) is 0.231. The number of amides is 1. The molecule has 20 heavy (non-hydrogen) atoms. The molecule has 0 atom stereocenters. The van der Waals surface area contributed by atoms with E-state index in [0.29, 0.717) is 13.1 Å². The number of carbonyl (C=O) groups is 1. The highest BCUT2D eigenvalue weighted by Gasteiger charge is 2.14. The van der Waals surface area contributed by atoms with Gasteiger partial charge in [0.25, 0.3) is 5.91 Å². The highest BCUT2D eigenvalue weighted by atomic mass is 32.1. The Hall–Kier alpha value is -2.30. The lowest BCUT2D eigenvalue weighted by Crippen LogP contribution is -2.26. The molecule has 1 amide bonds. The molecule has 0 unspecified atom stereocenters. The third kappa shape index (κ3) is 3.38.